The number of carbonyl (C=O) groups excluding carboxylic acids is 3. The Morgan fingerprint density at radius 2 is 1.79 bits per heavy atom. The quantitative estimate of drug-likeness (QED) is 0.237. The molecule has 1 fully saturated rings. The molecule has 7 nitrogen and oxygen atoms in total. The van der Waals surface area contributed by atoms with Crippen LogP contribution in [0, 0.1) is 5.92 Å². The Balaban J connectivity index is 1.01. The zero-order valence-electron chi connectivity index (χ0n) is 24.0. The molecule has 3 heterocycles. The van der Waals surface area contributed by atoms with Gasteiger partial charge in [0.2, 0.25) is 5.91 Å². The van der Waals surface area contributed by atoms with Gasteiger partial charge in [-0.05, 0) is 83.5 Å². The lowest BCUT2D eigenvalue weighted by Crippen LogP contribution is -2.36. The van der Waals surface area contributed by atoms with Crippen molar-refractivity contribution in [3.8, 4) is 11.1 Å². The molecule has 0 spiro atoms. The van der Waals surface area contributed by atoms with Gasteiger partial charge < -0.3 is 19.9 Å². The summed E-state index contributed by atoms with van der Waals surface area (Å²) in [6.07, 6.45) is 6.62. The van der Waals surface area contributed by atoms with Crippen molar-refractivity contribution in [1.82, 2.24) is 9.88 Å². The predicted octanol–water partition coefficient (Wildman–Crippen LogP) is 6.47. The van der Waals surface area contributed by atoms with Crippen molar-refractivity contribution >= 4 is 40.4 Å². The second-order valence-corrected chi connectivity index (χ2v) is 11.4. The van der Waals surface area contributed by atoms with E-state index in [9.17, 15) is 14.4 Å². The summed E-state index contributed by atoms with van der Waals surface area (Å²) in [5, 5.41) is 5.48. The van der Waals surface area contributed by atoms with Gasteiger partial charge in [-0.1, -0.05) is 49.7 Å². The number of nitrogens with one attached hydrogen (secondary N) is 1. The van der Waals surface area contributed by atoms with Crippen molar-refractivity contribution < 1.29 is 14.4 Å². The van der Waals surface area contributed by atoms with E-state index in [1.54, 1.807) is 17.0 Å². The first-order valence-electron chi connectivity index (χ1n) is 14.9. The first-order chi connectivity index (χ1) is 20.5. The first-order valence-corrected chi connectivity index (χ1v) is 14.9. The third kappa shape index (κ3) is 5.77. The van der Waals surface area contributed by atoms with Crippen LogP contribution in [0.2, 0.25) is 0 Å². The number of fused-ring (bicyclic) bond motifs is 2. The van der Waals surface area contributed by atoms with Crippen molar-refractivity contribution in [1.29, 1.82) is 0 Å². The van der Waals surface area contributed by atoms with E-state index in [0.717, 1.165) is 61.1 Å². The van der Waals surface area contributed by atoms with Crippen LogP contribution < -0.4 is 10.2 Å². The molecule has 2 aliphatic heterocycles. The van der Waals surface area contributed by atoms with Crippen molar-refractivity contribution in [3.63, 3.8) is 0 Å². The Labute approximate surface area is 246 Å². The summed E-state index contributed by atoms with van der Waals surface area (Å²) in [6, 6.07) is 24.1. The van der Waals surface area contributed by atoms with Gasteiger partial charge in [-0.3, -0.25) is 9.59 Å². The highest BCUT2D eigenvalue weighted by Crippen LogP contribution is 2.30. The number of aldehydes is 1. The van der Waals surface area contributed by atoms with Crippen LogP contribution in [-0.4, -0.2) is 47.1 Å². The maximum absolute atomic E-state index is 12.9. The molecule has 3 aromatic carbocycles. The van der Waals surface area contributed by atoms with Gasteiger partial charge in [0, 0.05) is 49.1 Å². The van der Waals surface area contributed by atoms with E-state index in [1.165, 1.54) is 10.8 Å². The first kappa shape index (κ1) is 27.6. The van der Waals surface area contributed by atoms with Crippen LogP contribution >= 0.6 is 0 Å². The van der Waals surface area contributed by atoms with Gasteiger partial charge in [0.25, 0.3) is 5.91 Å². The number of pyridine rings is 1. The lowest BCUT2D eigenvalue weighted by atomic mass is 9.93. The number of rotatable bonds is 9. The maximum Gasteiger partial charge on any atom is 0.255 e. The van der Waals surface area contributed by atoms with Crippen LogP contribution in [0.25, 0.3) is 21.9 Å². The summed E-state index contributed by atoms with van der Waals surface area (Å²) in [7, 11) is 0. The number of aromatic nitrogens is 1. The van der Waals surface area contributed by atoms with E-state index in [4.69, 9.17) is 4.98 Å². The molecule has 0 saturated carbocycles. The molecule has 4 aromatic rings. The molecule has 2 amide bonds. The summed E-state index contributed by atoms with van der Waals surface area (Å²) in [5.41, 5.74) is 4.42. The highest BCUT2D eigenvalue weighted by molar-refractivity contribution is 6.01. The average molecular weight is 561 g/mol. The SMILES string of the molecule is CCCC(C=O)N1Cc2cc(NC(=O)CC3CCN(c4ccc(-c5ccc6ccccc6c5)cn4)CC3)ccc2C1=O. The molecule has 0 bridgehead atoms. The average Bonchev–Trinajstić information content (AvgIpc) is 3.35. The standard InChI is InChI=1S/C35H36N4O3/c1-2-5-31(23-40)39-22-29-20-30(11-12-32(29)35(39)42)37-34(41)18-24-14-16-38(17-15-24)33-13-10-28(21-36-33)27-9-8-25-6-3-4-7-26(25)19-27/h3-4,6-13,19-21,23-24,31H,2,5,14-18,22H2,1H3,(H,37,41). The van der Waals surface area contributed by atoms with Gasteiger partial charge in [0.15, 0.2) is 0 Å². The van der Waals surface area contributed by atoms with Crippen LogP contribution in [0.3, 0.4) is 0 Å². The van der Waals surface area contributed by atoms with E-state index < -0.39 is 6.04 Å². The highest BCUT2D eigenvalue weighted by Gasteiger charge is 2.32. The summed E-state index contributed by atoms with van der Waals surface area (Å²) in [6.45, 7) is 4.14. The summed E-state index contributed by atoms with van der Waals surface area (Å²) in [5.74, 6) is 1.16. The zero-order chi connectivity index (χ0) is 29.1. The zero-order valence-corrected chi connectivity index (χ0v) is 24.0. The van der Waals surface area contributed by atoms with Gasteiger partial charge in [0.05, 0.1) is 6.04 Å². The summed E-state index contributed by atoms with van der Waals surface area (Å²) in [4.78, 5) is 45.9. The minimum atomic E-state index is -0.406. The second-order valence-electron chi connectivity index (χ2n) is 11.4. The molecule has 1 saturated heterocycles. The molecular weight excluding hydrogens is 524 g/mol. The molecule has 7 heteroatoms. The Hall–Kier alpha value is -4.52. The molecule has 0 aliphatic carbocycles. The molecule has 2 aliphatic rings. The van der Waals surface area contributed by atoms with Gasteiger partial charge in [-0.25, -0.2) is 4.98 Å². The van der Waals surface area contributed by atoms with Crippen molar-refractivity contribution in [2.75, 3.05) is 23.3 Å². The van der Waals surface area contributed by atoms with Crippen LogP contribution in [0.4, 0.5) is 11.5 Å². The number of hydrogen-bond acceptors (Lipinski definition) is 5. The fourth-order valence-corrected chi connectivity index (χ4v) is 6.24. The Morgan fingerprint density at radius 1 is 1.00 bits per heavy atom. The van der Waals surface area contributed by atoms with Crippen LogP contribution in [0.1, 0.15) is 54.9 Å². The monoisotopic (exact) mass is 560 g/mol. The van der Waals surface area contributed by atoms with Crippen LogP contribution in [-0.2, 0) is 16.1 Å². The smallest absolute Gasteiger partial charge is 0.255 e. The van der Waals surface area contributed by atoms with Crippen LogP contribution in [0.15, 0.2) is 79.0 Å². The van der Waals surface area contributed by atoms with Crippen molar-refractivity contribution in [3.05, 3.63) is 90.1 Å². The second kappa shape index (κ2) is 12.1. The molecular formula is C35H36N4O3. The number of nitrogens with zero attached hydrogens (tertiary/aromatic N) is 3. The molecule has 0 radical (unpaired) electrons. The van der Waals surface area contributed by atoms with Crippen molar-refractivity contribution in [2.24, 2.45) is 5.92 Å². The highest BCUT2D eigenvalue weighted by atomic mass is 16.2. The Kier molecular flexibility index (Phi) is 8.00. The van der Waals surface area contributed by atoms with Crippen molar-refractivity contribution in [2.45, 2.75) is 51.6 Å². The predicted molar refractivity (Wildman–Crippen MR) is 166 cm³/mol. The molecule has 1 aromatic heterocycles. The largest absolute Gasteiger partial charge is 0.357 e. The summed E-state index contributed by atoms with van der Waals surface area (Å²) < 4.78 is 0. The summed E-state index contributed by atoms with van der Waals surface area (Å²) >= 11 is 0. The fraction of sp³-hybridized carbons (Fsp3) is 0.314. The third-order valence-corrected chi connectivity index (χ3v) is 8.61. The third-order valence-electron chi connectivity index (χ3n) is 8.61. The topological polar surface area (TPSA) is 82.6 Å². The molecule has 1 N–H and O–H groups in total. The number of amides is 2. The number of carbonyl (C=O) groups is 3. The Morgan fingerprint density at radius 3 is 2.52 bits per heavy atom. The van der Waals surface area contributed by atoms with Gasteiger partial charge in [0.1, 0.15) is 12.1 Å². The molecule has 214 valence electrons. The molecule has 1 unspecified atom stereocenters. The van der Waals surface area contributed by atoms with E-state index in [2.05, 4.69) is 64.8 Å². The van der Waals surface area contributed by atoms with Crippen LogP contribution in [0.5, 0.6) is 0 Å². The fourth-order valence-electron chi connectivity index (χ4n) is 6.24. The molecule has 42 heavy (non-hydrogen) atoms. The normalized spacial score (nSPS) is 16.0. The van der Waals surface area contributed by atoms with Gasteiger partial charge in [-0.2, -0.15) is 0 Å². The lowest BCUT2D eigenvalue weighted by molar-refractivity contribution is -0.117. The number of piperidine rings is 1. The number of hydrogen-bond donors (Lipinski definition) is 1. The van der Waals surface area contributed by atoms with Gasteiger partial charge >= 0.3 is 0 Å². The Bertz CT molecular complexity index is 1610. The van der Waals surface area contributed by atoms with E-state index >= 15 is 0 Å². The van der Waals surface area contributed by atoms with E-state index in [0.29, 0.717) is 36.6 Å². The maximum atomic E-state index is 12.9. The molecule has 6 rings (SSSR count). The molecule has 1 atom stereocenters. The minimum absolute atomic E-state index is 0.0100. The van der Waals surface area contributed by atoms with E-state index in [1.807, 2.05) is 19.2 Å². The minimum Gasteiger partial charge on any atom is -0.357 e. The number of anilines is 2. The van der Waals surface area contributed by atoms with Gasteiger partial charge in [-0.15, -0.1) is 0 Å². The van der Waals surface area contributed by atoms with E-state index in [-0.39, 0.29) is 11.8 Å². The lowest BCUT2D eigenvalue weighted by Gasteiger charge is -2.32. The number of benzene rings is 3.